The number of carboxylic acid groups (broad SMARTS) is 1. The van der Waals surface area contributed by atoms with Crippen LogP contribution in [0.15, 0.2) is 30.3 Å². The van der Waals surface area contributed by atoms with E-state index in [4.69, 9.17) is 16.6 Å². The molecule has 1 aromatic carbocycles. The third-order valence-electron chi connectivity index (χ3n) is 3.22. The van der Waals surface area contributed by atoms with Crippen LogP contribution in [0, 0.1) is 0 Å². The van der Waals surface area contributed by atoms with Gasteiger partial charge in [-0.15, -0.1) is 0 Å². The lowest BCUT2D eigenvalue weighted by Gasteiger charge is -2.12. The Hall–Kier alpha value is -2.25. The van der Waals surface area contributed by atoms with Crippen LogP contribution < -0.4 is 16.8 Å². The Bertz CT molecular complexity index is 519. The summed E-state index contributed by atoms with van der Waals surface area (Å²) < 4.78 is 0. The van der Waals surface area contributed by atoms with E-state index in [1.807, 2.05) is 0 Å². The van der Waals surface area contributed by atoms with Gasteiger partial charge in [0.2, 0.25) is 0 Å². The number of ketones is 1. The lowest BCUT2D eigenvalue weighted by molar-refractivity contribution is -0.138. The van der Waals surface area contributed by atoms with Crippen LogP contribution in [0.1, 0.15) is 29.6 Å². The lowest BCUT2D eigenvalue weighted by Crippen LogP contribution is -2.40. The molecule has 0 radical (unpaired) electrons. The molecule has 22 heavy (non-hydrogen) atoms. The minimum atomic E-state index is -1.07. The van der Waals surface area contributed by atoms with Crippen molar-refractivity contribution in [2.75, 3.05) is 6.54 Å². The summed E-state index contributed by atoms with van der Waals surface area (Å²) in [6.45, 7) is -0.153. The molecule has 0 spiro atoms. The molecule has 1 unspecified atom stereocenters. The van der Waals surface area contributed by atoms with Crippen LogP contribution in [-0.2, 0) is 9.59 Å². The molecule has 0 saturated carbocycles. The topological polar surface area (TPSA) is 136 Å². The molecule has 0 fully saturated rings. The van der Waals surface area contributed by atoms with Gasteiger partial charge in [-0.1, -0.05) is 18.2 Å². The number of amides is 1. The van der Waals surface area contributed by atoms with Gasteiger partial charge in [-0.25, -0.2) is 0 Å². The number of hydrogen-bond donors (Lipinski definition) is 4. The fourth-order valence-corrected chi connectivity index (χ4v) is 1.83. The van der Waals surface area contributed by atoms with Crippen molar-refractivity contribution in [1.82, 2.24) is 5.32 Å². The fourth-order valence-electron chi connectivity index (χ4n) is 1.83. The molecule has 7 heteroatoms. The number of carbonyl (C=O) groups excluding carboxylic acids is 2. The van der Waals surface area contributed by atoms with Crippen molar-refractivity contribution in [3.05, 3.63) is 35.9 Å². The van der Waals surface area contributed by atoms with Gasteiger partial charge >= 0.3 is 5.97 Å². The summed E-state index contributed by atoms with van der Waals surface area (Å²) >= 11 is 0. The summed E-state index contributed by atoms with van der Waals surface area (Å²) in [5, 5.41) is 11.1. The van der Waals surface area contributed by atoms with Crippen LogP contribution in [0.5, 0.6) is 0 Å². The summed E-state index contributed by atoms with van der Waals surface area (Å²) in [6.07, 6.45) is 1.03. The SMILES string of the molecule is NC(CCC[C@H](N)C(=O)O)C(=O)CNC(=O)c1ccccc1. The molecule has 0 aromatic heterocycles. The van der Waals surface area contributed by atoms with Crippen molar-refractivity contribution in [1.29, 1.82) is 0 Å². The fraction of sp³-hybridized carbons (Fsp3) is 0.400. The van der Waals surface area contributed by atoms with Crippen molar-refractivity contribution >= 4 is 17.7 Å². The highest BCUT2D eigenvalue weighted by molar-refractivity contribution is 5.97. The zero-order chi connectivity index (χ0) is 16.5. The Kier molecular flexibility index (Phi) is 7.21. The highest BCUT2D eigenvalue weighted by Crippen LogP contribution is 2.03. The molecular weight excluding hydrogens is 286 g/mol. The second kappa shape index (κ2) is 8.91. The Morgan fingerprint density at radius 1 is 1.05 bits per heavy atom. The summed E-state index contributed by atoms with van der Waals surface area (Å²) in [5.74, 6) is -1.71. The second-order valence-electron chi connectivity index (χ2n) is 5.00. The first-order valence-electron chi connectivity index (χ1n) is 7.01. The van der Waals surface area contributed by atoms with E-state index in [1.54, 1.807) is 30.3 Å². The molecule has 0 heterocycles. The van der Waals surface area contributed by atoms with Crippen LogP contribution in [0.2, 0.25) is 0 Å². The van der Waals surface area contributed by atoms with E-state index in [1.165, 1.54) is 0 Å². The Balaban J connectivity index is 2.29. The van der Waals surface area contributed by atoms with E-state index in [2.05, 4.69) is 5.32 Å². The molecule has 2 atom stereocenters. The van der Waals surface area contributed by atoms with Gasteiger partial charge in [0.15, 0.2) is 5.78 Å². The molecular formula is C15H21N3O4. The van der Waals surface area contributed by atoms with Gasteiger partial charge in [-0.05, 0) is 31.4 Å². The molecule has 7 nitrogen and oxygen atoms in total. The van der Waals surface area contributed by atoms with Crippen LogP contribution in [-0.4, -0.2) is 41.4 Å². The Morgan fingerprint density at radius 3 is 2.23 bits per heavy atom. The predicted molar refractivity (Wildman–Crippen MR) is 81.2 cm³/mol. The van der Waals surface area contributed by atoms with E-state index >= 15 is 0 Å². The first kappa shape index (κ1) is 17.8. The summed E-state index contributed by atoms with van der Waals surface area (Å²) in [4.78, 5) is 34.1. The summed E-state index contributed by atoms with van der Waals surface area (Å²) in [6, 6.07) is 6.86. The molecule has 0 saturated heterocycles. The Morgan fingerprint density at radius 2 is 1.64 bits per heavy atom. The van der Waals surface area contributed by atoms with E-state index in [-0.39, 0.29) is 24.7 Å². The number of carbonyl (C=O) groups is 3. The zero-order valence-electron chi connectivity index (χ0n) is 12.2. The normalized spacial score (nSPS) is 13.2. The molecule has 0 aliphatic carbocycles. The van der Waals surface area contributed by atoms with Crippen LogP contribution in [0.25, 0.3) is 0 Å². The second-order valence-corrected chi connectivity index (χ2v) is 5.00. The van der Waals surface area contributed by atoms with Crippen LogP contribution in [0.4, 0.5) is 0 Å². The number of Topliss-reactive ketones (excluding diaryl/α,β-unsaturated/α-hetero) is 1. The minimum Gasteiger partial charge on any atom is -0.480 e. The first-order chi connectivity index (χ1) is 10.4. The highest BCUT2D eigenvalue weighted by Gasteiger charge is 2.17. The summed E-state index contributed by atoms with van der Waals surface area (Å²) in [5.41, 5.74) is 11.5. The maximum absolute atomic E-state index is 11.8. The van der Waals surface area contributed by atoms with Gasteiger partial charge < -0.3 is 21.9 Å². The van der Waals surface area contributed by atoms with Crippen molar-refractivity contribution in [3.63, 3.8) is 0 Å². The molecule has 0 bridgehead atoms. The maximum Gasteiger partial charge on any atom is 0.320 e. The lowest BCUT2D eigenvalue weighted by atomic mass is 10.0. The summed E-state index contributed by atoms with van der Waals surface area (Å²) in [7, 11) is 0. The molecule has 0 aliphatic rings. The molecule has 120 valence electrons. The third-order valence-corrected chi connectivity index (χ3v) is 3.22. The number of benzene rings is 1. The number of aliphatic carboxylic acids is 1. The number of nitrogens with two attached hydrogens (primary N) is 2. The minimum absolute atomic E-state index is 0.153. The van der Waals surface area contributed by atoms with E-state index in [0.29, 0.717) is 18.4 Å². The molecule has 6 N–H and O–H groups in total. The number of carboxylic acids is 1. The maximum atomic E-state index is 11.8. The van der Waals surface area contributed by atoms with Gasteiger partial charge in [-0.2, -0.15) is 0 Å². The van der Waals surface area contributed by atoms with E-state index < -0.39 is 18.1 Å². The van der Waals surface area contributed by atoms with Crippen molar-refractivity contribution in [2.24, 2.45) is 11.5 Å². The molecule has 1 amide bonds. The van der Waals surface area contributed by atoms with Crippen molar-refractivity contribution < 1.29 is 19.5 Å². The monoisotopic (exact) mass is 307 g/mol. The van der Waals surface area contributed by atoms with Gasteiger partial charge in [-0.3, -0.25) is 14.4 Å². The Labute approximate surface area is 128 Å². The zero-order valence-corrected chi connectivity index (χ0v) is 12.2. The smallest absolute Gasteiger partial charge is 0.320 e. The standard InChI is InChI=1S/C15H21N3O4/c16-11(7-4-8-12(17)15(21)22)13(19)9-18-14(20)10-5-2-1-3-6-10/h1-3,5-6,11-12H,4,7-9,16-17H2,(H,18,20)(H,21,22)/t11?,12-/m0/s1. The molecule has 1 rings (SSSR count). The van der Waals surface area contributed by atoms with Gasteiger partial charge in [0.25, 0.3) is 5.91 Å². The van der Waals surface area contributed by atoms with E-state index in [0.717, 1.165) is 0 Å². The first-order valence-corrected chi connectivity index (χ1v) is 7.01. The van der Waals surface area contributed by atoms with Gasteiger partial charge in [0.1, 0.15) is 6.04 Å². The average Bonchev–Trinajstić information content (AvgIpc) is 2.52. The van der Waals surface area contributed by atoms with Gasteiger partial charge in [0, 0.05) is 5.56 Å². The predicted octanol–water partition coefficient (Wildman–Crippen LogP) is -0.105. The van der Waals surface area contributed by atoms with Crippen LogP contribution in [0.3, 0.4) is 0 Å². The molecule has 0 aliphatic heterocycles. The highest BCUT2D eigenvalue weighted by atomic mass is 16.4. The number of hydrogen-bond acceptors (Lipinski definition) is 5. The van der Waals surface area contributed by atoms with Crippen molar-refractivity contribution in [2.45, 2.75) is 31.3 Å². The van der Waals surface area contributed by atoms with E-state index in [9.17, 15) is 14.4 Å². The molecule has 1 aromatic rings. The quantitative estimate of drug-likeness (QED) is 0.503. The largest absolute Gasteiger partial charge is 0.480 e. The average molecular weight is 307 g/mol. The van der Waals surface area contributed by atoms with Crippen LogP contribution >= 0.6 is 0 Å². The number of rotatable bonds is 9. The third kappa shape index (κ3) is 6.02. The van der Waals surface area contributed by atoms with Crippen molar-refractivity contribution in [3.8, 4) is 0 Å². The van der Waals surface area contributed by atoms with Gasteiger partial charge in [0.05, 0.1) is 12.6 Å². The number of nitrogens with one attached hydrogen (secondary N) is 1.